The average molecular weight is 320 g/mol. The first kappa shape index (κ1) is 13.6. The molecule has 2 rings (SSSR count). The van der Waals surface area contributed by atoms with E-state index in [1.54, 1.807) is 18.5 Å². The summed E-state index contributed by atoms with van der Waals surface area (Å²) in [5.41, 5.74) is 1.56. The molecule has 0 amide bonds. The SMILES string of the molecule is CC(C)n1ncnc1CNc1ccc(C#N)cc1Br. The van der Waals surface area contributed by atoms with Crippen molar-refractivity contribution in [1.29, 1.82) is 5.26 Å². The van der Waals surface area contributed by atoms with E-state index in [1.165, 1.54) is 0 Å². The second-order valence-electron chi connectivity index (χ2n) is 4.37. The molecule has 2 aromatic rings. The molecule has 0 bridgehead atoms. The van der Waals surface area contributed by atoms with Crippen molar-refractivity contribution >= 4 is 21.6 Å². The normalized spacial score (nSPS) is 10.5. The van der Waals surface area contributed by atoms with Gasteiger partial charge in [-0.1, -0.05) is 0 Å². The number of nitrogens with one attached hydrogen (secondary N) is 1. The third-order valence-electron chi connectivity index (χ3n) is 2.67. The summed E-state index contributed by atoms with van der Waals surface area (Å²) in [5, 5.41) is 16.3. The minimum Gasteiger partial charge on any atom is -0.377 e. The van der Waals surface area contributed by atoms with E-state index >= 15 is 0 Å². The third kappa shape index (κ3) is 3.12. The van der Waals surface area contributed by atoms with E-state index in [2.05, 4.69) is 51.2 Å². The summed E-state index contributed by atoms with van der Waals surface area (Å²) < 4.78 is 2.74. The number of nitriles is 1. The number of rotatable bonds is 4. The Hall–Kier alpha value is -1.87. The van der Waals surface area contributed by atoms with Crippen molar-refractivity contribution in [2.75, 3.05) is 5.32 Å². The Bertz CT molecular complexity index is 612. The first-order chi connectivity index (χ1) is 9.11. The van der Waals surface area contributed by atoms with Crippen molar-refractivity contribution in [3.63, 3.8) is 0 Å². The van der Waals surface area contributed by atoms with Crippen LogP contribution in [0.3, 0.4) is 0 Å². The molecule has 1 aromatic carbocycles. The van der Waals surface area contributed by atoms with Gasteiger partial charge >= 0.3 is 0 Å². The van der Waals surface area contributed by atoms with Crippen molar-refractivity contribution in [3.8, 4) is 6.07 Å². The first-order valence-electron chi connectivity index (χ1n) is 5.93. The van der Waals surface area contributed by atoms with Crippen LogP contribution in [0.5, 0.6) is 0 Å². The number of benzene rings is 1. The van der Waals surface area contributed by atoms with Gasteiger partial charge < -0.3 is 5.32 Å². The monoisotopic (exact) mass is 319 g/mol. The number of anilines is 1. The Labute approximate surface area is 120 Å². The highest BCUT2D eigenvalue weighted by molar-refractivity contribution is 9.10. The predicted molar refractivity (Wildman–Crippen MR) is 76.6 cm³/mol. The van der Waals surface area contributed by atoms with Gasteiger partial charge in [0.25, 0.3) is 0 Å². The highest BCUT2D eigenvalue weighted by Crippen LogP contribution is 2.23. The molecule has 98 valence electrons. The Morgan fingerprint density at radius 2 is 2.26 bits per heavy atom. The fraction of sp³-hybridized carbons (Fsp3) is 0.308. The van der Waals surface area contributed by atoms with Crippen LogP contribution in [0.1, 0.15) is 31.3 Å². The molecular formula is C13H14BrN5. The molecule has 1 heterocycles. The number of nitrogens with zero attached hydrogens (tertiary/aromatic N) is 4. The molecule has 19 heavy (non-hydrogen) atoms. The zero-order valence-corrected chi connectivity index (χ0v) is 12.3. The van der Waals surface area contributed by atoms with Crippen LogP contribution in [0.25, 0.3) is 0 Å². The van der Waals surface area contributed by atoms with Gasteiger partial charge in [-0.25, -0.2) is 9.67 Å². The van der Waals surface area contributed by atoms with Crippen LogP contribution in [0.4, 0.5) is 5.69 Å². The summed E-state index contributed by atoms with van der Waals surface area (Å²) >= 11 is 3.44. The van der Waals surface area contributed by atoms with E-state index in [0.717, 1.165) is 16.0 Å². The molecule has 0 aliphatic heterocycles. The van der Waals surface area contributed by atoms with Gasteiger partial charge in [0, 0.05) is 16.2 Å². The lowest BCUT2D eigenvalue weighted by Crippen LogP contribution is -2.12. The van der Waals surface area contributed by atoms with Gasteiger partial charge in [0.15, 0.2) is 0 Å². The van der Waals surface area contributed by atoms with Gasteiger partial charge in [0.05, 0.1) is 18.2 Å². The molecule has 5 nitrogen and oxygen atoms in total. The fourth-order valence-corrected chi connectivity index (χ4v) is 2.25. The maximum atomic E-state index is 8.82. The van der Waals surface area contributed by atoms with Gasteiger partial charge in [-0.3, -0.25) is 0 Å². The van der Waals surface area contributed by atoms with Crippen molar-refractivity contribution in [2.45, 2.75) is 26.4 Å². The lowest BCUT2D eigenvalue weighted by molar-refractivity contribution is 0.509. The minimum atomic E-state index is 0.281. The minimum absolute atomic E-state index is 0.281. The van der Waals surface area contributed by atoms with E-state index in [4.69, 9.17) is 5.26 Å². The van der Waals surface area contributed by atoms with Gasteiger partial charge in [0.2, 0.25) is 0 Å². The topological polar surface area (TPSA) is 66.5 Å². The summed E-state index contributed by atoms with van der Waals surface area (Å²) in [7, 11) is 0. The van der Waals surface area contributed by atoms with Crippen LogP contribution >= 0.6 is 15.9 Å². The first-order valence-corrected chi connectivity index (χ1v) is 6.73. The van der Waals surface area contributed by atoms with Crippen molar-refractivity contribution in [3.05, 3.63) is 40.4 Å². The Morgan fingerprint density at radius 3 is 2.89 bits per heavy atom. The van der Waals surface area contributed by atoms with Gasteiger partial charge in [-0.2, -0.15) is 10.4 Å². The average Bonchev–Trinajstić information content (AvgIpc) is 2.85. The van der Waals surface area contributed by atoms with E-state index < -0.39 is 0 Å². The Morgan fingerprint density at radius 1 is 1.47 bits per heavy atom. The fourth-order valence-electron chi connectivity index (χ4n) is 1.73. The molecule has 1 N–H and O–H groups in total. The zero-order chi connectivity index (χ0) is 13.8. The van der Waals surface area contributed by atoms with Crippen molar-refractivity contribution in [1.82, 2.24) is 14.8 Å². The van der Waals surface area contributed by atoms with E-state index in [1.807, 2.05) is 10.7 Å². The molecule has 0 aliphatic rings. The van der Waals surface area contributed by atoms with Crippen LogP contribution in [-0.4, -0.2) is 14.8 Å². The van der Waals surface area contributed by atoms with Gasteiger partial charge in [-0.05, 0) is 48.0 Å². The molecule has 1 aromatic heterocycles. The molecule has 0 radical (unpaired) electrons. The number of halogens is 1. The molecule has 0 fully saturated rings. The summed E-state index contributed by atoms with van der Waals surface area (Å²) in [6.45, 7) is 4.72. The van der Waals surface area contributed by atoms with Crippen LogP contribution in [0.2, 0.25) is 0 Å². The van der Waals surface area contributed by atoms with Crippen LogP contribution in [0, 0.1) is 11.3 Å². The molecule has 0 aliphatic carbocycles. The van der Waals surface area contributed by atoms with Crippen LogP contribution in [0.15, 0.2) is 29.0 Å². The van der Waals surface area contributed by atoms with Gasteiger partial charge in [-0.15, -0.1) is 0 Å². The molecule has 0 unspecified atom stereocenters. The molecule has 0 saturated heterocycles. The molecule has 0 spiro atoms. The summed E-state index contributed by atoms with van der Waals surface area (Å²) in [6.07, 6.45) is 1.56. The predicted octanol–water partition coefficient (Wildman–Crippen LogP) is 3.11. The zero-order valence-electron chi connectivity index (χ0n) is 10.8. The molecular weight excluding hydrogens is 306 g/mol. The smallest absolute Gasteiger partial charge is 0.146 e. The quantitative estimate of drug-likeness (QED) is 0.940. The van der Waals surface area contributed by atoms with E-state index in [9.17, 15) is 0 Å². The lowest BCUT2D eigenvalue weighted by atomic mass is 10.2. The summed E-state index contributed by atoms with van der Waals surface area (Å²) in [5.74, 6) is 0.881. The maximum Gasteiger partial charge on any atom is 0.146 e. The highest BCUT2D eigenvalue weighted by atomic mass is 79.9. The van der Waals surface area contributed by atoms with Crippen LogP contribution < -0.4 is 5.32 Å². The summed E-state index contributed by atoms with van der Waals surface area (Å²) in [6, 6.07) is 7.82. The van der Waals surface area contributed by atoms with Crippen molar-refractivity contribution < 1.29 is 0 Å². The molecule has 0 atom stereocenters. The standard InChI is InChI=1S/C13H14BrN5/c1-9(2)19-13(17-8-18-19)7-16-12-4-3-10(6-15)5-11(12)14/h3-5,8-9,16H,7H2,1-2H3. The van der Waals surface area contributed by atoms with Crippen molar-refractivity contribution in [2.24, 2.45) is 0 Å². The van der Waals surface area contributed by atoms with E-state index in [0.29, 0.717) is 12.1 Å². The highest BCUT2D eigenvalue weighted by Gasteiger charge is 2.08. The molecule has 0 saturated carbocycles. The van der Waals surface area contributed by atoms with Gasteiger partial charge in [0.1, 0.15) is 12.2 Å². The third-order valence-corrected chi connectivity index (χ3v) is 3.33. The Balaban J connectivity index is 2.11. The lowest BCUT2D eigenvalue weighted by Gasteiger charge is -2.11. The number of aromatic nitrogens is 3. The molecule has 6 heteroatoms. The van der Waals surface area contributed by atoms with Crippen LogP contribution in [-0.2, 0) is 6.54 Å². The Kier molecular flexibility index (Phi) is 4.17. The second kappa shape index (κ2) is 5.85. The number of hydrogen-bond donors (Lipinski definition) is 1. The number of hydrogen-bond acceptors (Lipinski definition) is 4. The second-order valence-corrected chi connectivity index (χ2v) is 5.23. The maximum absolute atomic E-state index is 8.82. The van der Waals surface area contributed by atoms with E-state index in [-0.39, 0.29) is 6.04 Å². The summed E-state index contributed by atoms with van der Waals surface area (Å²) in [4.78, 5) is 4.24. The largest absolute Gasteiger partial charge is 0.377 e.